The van der Waals surface area contributed by atoms with E-state index in [1.807, 2.05) is 30.6 Å². The molecule has 5 heteroatoms. The first-order valence-electron chi connectivity index (χ1n) is 9.30. The Balaban J connectivity index is 1.61. The second kappa shape index (κ2) is 8.23. The summed E-state index contributed by atoms with van der Waals surface area (Å²) in [6.07, 6.45) is 6.10. The van der Waals surface area contributed by atoms with Gasteiger partial charge in [-0.1, -0.05) is 24.3 Å². The first kappa shape index (κ1) is 18.2. The molecule has 5 nitrogen and oxygen atoms in total. The quantitative estimate of drug-likeness (QED) is 0.670. The number of ether oxygens (including phenoxy) is 2. The van der Waals surface area contributed by atoms with Crippen molar-refractivity contribution < 1.29 is 9.47 Å². The first-order chi connectivity index (χ1) is 13.8. The summed E-state index contributed by atoms with van der Waals surface area (Å²) in [5, 5.41) is 1.10. The molecule has 0 atom stereocenters. The summed E-state index contributed by atoms with van der Waals surface area (Å²) in [7, 11) is 1.68. The number of pyridine rings is 1. The molecule has 2 aromatic carbocycles. The van der Waals surface area contributed by atoms with Gasteiger partial charge < -0.3 is 15.2 Å². The maximum Gasteiger partial charge on any atom is 0.119 e. The summed E-state index contributed by atoms with van der Waals surface area (Å²) in [6.45, 7) is 1.37. The molecular formula is C23H23N3O2. The van der Waals surface area contributed by atoms with Crippen molar-refractivity contribution in [3.8, 4) is 5.75 Å². The largest absolute Gasteiger partial charge is 0.497 e. The Kier molecular flexibility index (Phi) is 5.35. The van der Waals surface area contributed by atoms with Gasteiger partial charge in [0.05, 0.1) is 31.9 Å². The fourth-order valence-electron chi connectivity index (χ4n) is 3.25. The highest BCUT2D eigenvalue weighted by molar-refractivity contribution is 6.09. The number of benzene rings is 2. The van der Waals surface area contributed by atoms with E-state index in [2.05, 4.69) is 40.3 Å². The van der Waals surface area contributed by atoms with Crippen LogP contribution < -0.4 is 10.5 Å². The smallest absolute Gasteiger partial charge is 0.119 e. The molecule has 1 aliphatic heterocycles. The minimum atomic E-state index is 0.247. The zero-order valence-corrected chi connectivity index (χ0v) is 15.8. The van der Waals surface area contributed by atoms with Crippen molar-refractivity contribution in [3.63, 3.8) is 0 Å². The average molecular weight is 373 g/mol. The number of nitrogens with zero attached hydrogens (tertiary/aromatic N) is 2. The van der Waals surface area contributed by atoms with E-state index in [1.165, 1.54) is 11.1 Å². The topological polar surface area (TPSA) is 69.7 Å². The molecule has 0 radical (unpaired) electrons. The number of methoxy groups -OCH3 is 1. The molecular weight excluding hydrogens is 350 g/mol. The molecule has 3 aromatic rings. The lowest BCUT2D eigenvalue weighted by atomic mass is 9.98. The van der Waals surface area contributed by atoms with Gasteiger partial charge in [0.15, 0.2) is 0 Å². The van der Waals surface area contributed by atoms with Crippen molar-refractivity contribution in [3.05, 3.63) is 77.6 Å². The Hall–Kier alpha value is -3.18. The molecule has 2 heterocycles. The van der Waals surface area contributed by atoms with E-state index < -0.39 is 0 Å². The number of aliphatic imine (C=N–C) groups is 1. The van der Waals surface area contributed by atoms with Crippen LogP contribution in [0.4, 0.5) is 0 Å². The number of aromatic nitrogens is 1. The minimum Gasteiger partial charge on any atom is -0.497 e. The van der Waals surface area contributed by atoms with E-state index >= 15 is 0 Å². The Labute approximate surface area is 164 Å². The van der Waals surface area contributed by atoms with Crippen molar-refractivity contribution in [1.82, 2.24) is 4.98 Å². The molecule has 28 heavy (non-hydrogen) atoms. The number of hydrogen-bond acceptors (Lipinski definition) is 5. The van der Waals surface area contributed by atoms with Crippen LogP contribution in [0, 0.1) is 0 Å². The van der Waals surface area contributed by atoms with E-state index in [0.29, 0.717) is 13.2 Å². The molecule has 4 rings (SSSR count). The van der Waals surface area contributed by atoms with E-state index in [-0.39, 0.29) is 6.04 Å². The highest BCUT2D eigenvalue weighted by Gasteiger charge is 2.16. The van der Waals surface area contributed by atoms with Crippen LogP contribution in [0.1, 0.15) is 16.7 Å². The van der Waals surface area contributed by atoms with Gasteiger partial charge in [-0.15, -0.1) is 0 Å². The summed E-state index contributed by atoms with van der Waals surface area (Å²) in [5.41, 5.74) is 11.2. The van der Waals surface area contributed by atoms with Gasteiger partial charge >= 0.3 is 0 Å². The second-order valence-corrected chi connectivity index (χ2v) is 6.82. The zero-order chi connectivity index (χ0) is 19.3. The van der Waals surface area contributed by atoms with Gasteiger partial charge in [0, 0.05) is 29.6 Å². The van der Waals surface area contributed by atoms with Gasteiger partial charge in [0.1, 0.15) is 5.75 Å². The molecule has 1 saturated heterocycles. The molecule has 0 spiro atoms. The molecule has 2 N–H and O–H groups in total. The third kappa shape index (κ3) is 3.89. The summed E-state index contributed by atoms with van der Waals surface area (Å²) in [5.74, 6) is 0.833. The van der Waals surface area contributed by atoms with Crippen LogP contribution >= 0.6 is 0 Å². The fraction of sp³-hybridized carbons (Fsp3) is 0.217. The first-order valence-corrected chi connectivity index (χ1v) is 9.30. The monoisotopic (exact) mass is 373 g/mol. The minimum absolute atomic E-state index is 0.247. The highest BCUT2D eigenvalue weighted by atomic mass is 16.5. The van der Waals surface area contributed by atoms with Crippen LogP contribution in [0.25, 0.3) is 16.5 Å². The van der Waals surface area contributed by atoms with Crippen molar-refractivity contribution in [2.45, 2.75) is 12.5 Å². The normalized spacial score (nSPS) is 15.1. The lowest BCUT2D eigenvalue weighted by molar-refractivity contribution is 0.0136. The van der Waals surface area contributed by atoms with Gasteiger partial charge in [-0.25, -0.2) is 0 Å². The lowest BCUT2D eigenvalue weighted by Gasteiger charge is -2.21. The Morgan fingerprint density at radius 3 is 2.89 bits per heavy atom. The van der Waals surface area contributed by atoms with E-state index in [9.17, 15) is 0 Å². The number of nitrogens with two attached hydrogens (primary N) is 1. The molecule has 1 aliphatic rings. The van der Waals surface area contributed by atoms with Crippen molar-refractivity contribution in [1.29, 1.82) is 0 Å². The predicted molar refractivity (Wildman–Crippen MR) is 113 cm³/mol. The number of rotatable bonds is 6. The zero-order valence-electron chi connectivity index (χ0n) is 15.8. The molecule has 1 aromatic heterocycles. The van der Waals surface area contributed by atoms with Gasteiger partial charge in [-0.2, -0.15) is 0 Å². The van der Waals surface area contributed by atoms with Crippen LogP contribution in [-0.2, 0) is 11.2 Å². The second-order valence-electron chi connectivity index (χ2n) is 6.82. The van der Waals surface area contributed by atoms with Gasteiger partial charge in [-0.3, -0.25) is 9.98 Å². The third-order valence-corrected chi connectivity index (χ3v) is 4.92. The summed E-state index contributed by atoms with van der Waals surface area (Å²) in [4.78, 5) is 8.99. The molecule has 1 fully saturated rings. The van der Waals surface area contributed by atoms with Gasteiger partial charge in [0.25, 0.3) is 0 Å². The van der Waals surface area contributed by atoms with Crippen LogP contribution in [0.15, 0.2) is 65.9 Å². The van der Waals surface area contributed by atoms with Crippen LogP contribution in [0.5, 0.6) is 5.75 Å². The molecule has 0 bridgehead atoms. The standard InChI is InChI=1S/C23H23N3O2/c1-27-21-5-6-23-22(11-21)18(7-8-25-23)10-16-3-2-4-17(9-16)19(12-24)13-26-20-14-28-15-20/h2-9,11-13,20H,10,14-15,24H2,1H3/b19-12+,26-13?. The number of allylic oxidation sites excluding steroid dienone is 1. The van der Waals surface area contributed by atoms with Gasteiger partial charge in [-0.05, 0) is 47.4 Å². The Morgan fingerprint density at radius 2 is 2.14 bits per heavy atom. The lowest BCUT2D eigenvalue weighted by Crippen LogP contribution is -2.31. The number of fused-ring (bicyclic) bond motifs is 1. The molecule has 0 aliphatic carbocycles. The van der Waals surface area contributed by atoms with E-state index in [4.69, 9.17) is 15.2 Å². The number of hydrogen-bond donors (Lipinski definition) is 1. The molecule has 0 unspecified atom stereocenters. The van der Waals surface area contributed by atoms with Gasteiger partial charge in [0.2, 0.25) is 0 Å². The molecule has 142 valence electrons. The van der Waals surface area contributed by atoms with Crippen molar-refractivity contribution >= 4 is 22.7 Å². The summed E-state index contributed by atoms with van der Waals surface area (Å²) in [6, 6.07) is 16.7. The van der Waals surface area contributed by atoms with Crippen LogP contribution in [0.3, 0.4) is 0 Å². The van der Waals surface area contributed by atoms with Crippen molar-refractivity contribution in [2.75, 3.05) is 20.3 Å². The predicted octanol–water partition coefficient (Wildman–Crippen LogP) is 3.60. The highest BCUT2D eigenvalue weighted by Crippen LogP contribution is 2.25. The molecule has 0 saturated carbocycles. The summed E-state index contributed by atoms with van der Waals surface area (Å²) >= 11 is 0. The Morgan fingerprint density at radius 1 is 1.25 bits per heavy atom. The fourth-order valence-corrected chi connectivity index (χ4v) is 3.25. The van der Waals surface area contributed by atoms with Crippen LogP contribution in [-0.4, -0.2) is 37.6 Å². The average Bonchev–Trinajstić information content (AvgIpc) is 2.70. The SMILES string of the molecule is COc1ccc2nccc(Cc3cccc(/C(C=NC4COC4)=C/N)c3)c2c1. The third-order valence-electron chi connectivity index (χ3n) is 4.92. The van der Waals surface area contributed by atoms with E-state index in [1.54, 1.807) is 13.3 Å². The Bertz CT molecular complexity index is 1040. The van der Waals surface area contributed by atoms with Crippen molar-refractivity contribution in [2.24, 2.45) is 10.7 Å². The maximum atomic E-state index is 5.85. The summed E-state index contributed by atoms with van der Waals surface area (Å²) < 4.78 is 10.5. The maximum absolute atomic E-state index is 5.85. The van der Waals surface area contributed by atoms with E-state index in [0.717, 1.165) is 34.2 Å². The molecule has 0 amide bonds. The van der Waals surface area contributed by atoms with Crippen LogP contribution in [0.2, 0.25) is 0 Å².